The molecule has 1 aliphatic rings. The second-order valence-electron chi connectivity index (χ2n) is 7.41. The van der Waals surface area contributed by atoms with E-state index in [0.29, 0.717) is 18.9 Å². The summed E-state index contributed by atoms with van der Waals surface area (Å²) in [5.41, 5.74) is 0. The van der Waals surface area contributed by atoms with Gasteiger partial charge in [-0.25, -0.2) is 0 Å². The Morgan fingerprint density at radius 2 is 1.56 bits per heavy atom. The highest BCUT2D eigenvalue weighted by Crippen LogP contribution is 2.27. The van der Waals surface area contributed by atoms with Gasteiger partial charge in [-0.05, 0) is 25.2 Å². The van der Waals surface area contributed by atoms with Crippen LogP contribution in [0.1, 0.15) is 97.3 Å². The summed E-state index contributed by atoms with van der Waals surface area (Å²) in [6.07, 6.45) is 15.8. The lowest BCUT2D eigenvalue weighted by molar-refractivity contribution is -0.151. The van der Waals surface area contributed by atoms with Crippen molar-refractivity contribution in [1.82, 2.24) is 0 Å². The van der Waals surface area contributed by atoms with E-state index in [-0.39, 0.29) is 11.1 Å². The van der Waals surface area contributed by atoms with Gasteiger partial charge in [0.05, 0.1) is 6.61 Å². The number of rotatable bonds is 15. The van der Waals surface area contributed by atoms with Gasteiger partial charge in [-0.15, -0.1) is 0 Å². The monoisotopic (exact) mass is 370 g/mol. The van der Waals surface area contributed by atoms with Crippen molar-refractivity contribution in [1.29, 1.82) is 0 Å². The molecule has 0 aromatic rings. The maximum absolute atomic E-state index is 12.1. The Balaban J connectivity index is 2.28. The third kappa shape index (κ3) is 10.3. The number of thioether (sulfide) groups is 1. The molecule has 0 radical (unpaired) electrons. The molecule has 1 rings (SSSR count). The standard InChI is InChI=1S/C21H38O3S/c1-3-5-7-9-10-12-14-18(13-11-8-6-4-2)17-24-20(22)19-15-16-25-21(19)23/h18-19H,3-17H2,1-2H3. The molecule has 4 heteroatoms. The van der Waals surface area contributed by atoms with Crippen LogP contribution >= 0.6 is 11.8 Å². The van der Waals surface area contributed by atoms with Crippen molar-refractivity contribution >= 4 is 22.8 Å². The third-order valence-electron chi connectivity index (χ3n) is 5.11. The first-order valence-corrected chi connectivity index (χ1v) is 11.5. The highest BCUT2D eigenvalue weighted by molar-refractivity contribution is 8.14. The smallest absolute Gasteiger partial charge is 0.317 e. The summed E-state index contributed by atoms with van der Waals surface area (Å²) in [6.45, 7) is 4.98. The summed E-state index contributed by atoms with van der Waals surface area (Å²) < 4.78 is 5.54. The number of hydrogen-bond donors (Lipinski definition) is 0. The predicted molar refractivity (Wildman–Crippen MR) is 107 cm³/mol. The SMILES string of the molecule is CCCCCCCCC(CCCCCC)COC(=O)C1CCSC1=O. The van der Waals surface area contributed by atoms with Gasteiger partial charge in [-0.3, -0.25) is 9.59 Å². The minimum Gasteiger partial charge on any atom is -0.465 e. The van der Waals surface area contributed by atoms with Crippen LogP contribution in [0, 0.1) is 11.8 Å². The van der Waals surface area contributed by atoms with E-state index in [1.165, 1.54) is 76.0 Å². The Hall–Kier alpha value is -0.510. The van der Waals surface area contributed by atoms with E-state index in [9.17, 15) is 9.59 Å². The van der Waals surface area contributed by atoms with Gasteiger partial charge in [-0.2, -0.15) is 0 Å². The molecule has 1 fully saturated rings. The summed E-state index contributed by atoms with van der Waals surface area (Å²) in [5, 5.41) is 0.000389. The van der Waals surface area contributed by atoms with Crippen molar-refractivity contribution in [2.75, 3.05) is 12.4 Å². The third-order valence-corrected chi connectivity index (χ3v) is 6.12. The fraction of sp³-hybridized carbons (Fsp3) is 0.905. The van der Waals surface area contributed by atoms with Crippen molar-refractivity contribution in [3.63, 3.8) is 0 Å². The normalized spacial score (nSPS) is 18.5. The Kier molecular flexibility index (Phi) is 13.2. The summed E-state index contributed by atoms with van der Waals surface area (Å²) in [5.74, 6) is 0.448. The number of carbonyl (C=O) groups is 2. The zero-order valence-electron chi connectivity index (χ0n) is 16.4. The van der Waals surface area contributed by atoms with Gasteiger partial charge < -0.3 is 4.74 Å². The highest BCUT2D eigenvalue weighted by Gasteiger charge is 2.33. The molecule has 146 valence electrons. The average Bonchev–Trinajstić information content (AvgIpc) is 3.04. The van der Waals surface area contributed by atoms with Crippen LogP contribution in [0.5, 0.6) is 0 Å². The van der Waals surface area contributed by atoms with E-state index >= 15 is 0 Å². The van der Waals surface area contributed by atoms with Crippen LogP contribution in [-0.2, 0) is 14.3 Å². The van der Waals surface area contributed by atoms with Crippen molar-refractivity contribution in [2.45, 2.75) is 97.3 Å². The molecule has 1 saturated heterocycles. The molecule has 1 aliphatic heterocycles. The van der Waals surface area contributed by atoms with Crippen molar-refractivity contribution in [2.24, 2.45) is 11.8 Å². The first kappa shape index (κ1) is 22.5. The van der Waals surface area contributed by atoms with Crippen LogP contribution in [0.25, 0.3) is 0 Å². The van der Waals surface area contributed by atoms with E-state index in [1.54, 1.807) is 0 Å². The zero-order valence-corrected chi connectivity index (χ0v) is 17.2. The summed E-state index contributed by atoms with van der Waals surface area (Å²) >= 11 is 1.27. The van der Waals surface area contributed by atoms with Crippen LogP contribution in [0.15, 0.2) is 0 Å². The first-order chi connectivity index (χ1) is 12.2. The van der Waals surface area contributed by atoms with E-state index in [0.717, 1.165) is 18.6 Å². The predicted octanol–water partition coefficient (Wildman–Crippen LogP) is 6.15. The molecule has 0 saturated carbocycles. The second-order valence-corrected chi connectivity index (χ2v) is 8.51. The molecular weight excluding hydrogens is 332 g/mol. The second kappa shape index (κ2) is 14.6. The lowest BCUT2D eigenvalue weighted by Crippen LogP contribution is -2.23. The van der Waals surface area contributed by atoms with Gasteiger partial charge in [0, 0.05) is 5.75 Å². The first-order valence-electron chi connectivity index (χ1n) is 10.5. The maximum Gasteiger partial charge on any atom is 0.317 e. The molecule has 0 spiro atoms. The van der Waals surface area contributed by atoms with Gasteiger partial charge in [-0.1, -0.05) is 89.8 Å². The molecule has 0 aliphatic carbocycles. The molecular formula is C21H38O3S. The summed E-state index contributed by atoms with van der Waals surface area (Å²) in [6, 6.07) is 0. The molecule has 0 aromatic carbocycles. The lowest BCUT2D eigenvalue weighted by atomic mass is 9.95. The molecule has 2 atom stereocenters. The van der Waals surface area contributed by atoms with Crippen molar-refractivity contribution in [3.8, 4) is 0 Å². The Labute approximate surface area is 159 Å². The minimum atomic E-state index is -0.500. The van der Waals surface area contributed by atoms with Crippen LogP contribution in [0.4, 0.5) is 0 Å². The number of carbonyl (C=O) groups excluding carboxylic acids is 2. The largest absolute Gasteiger partial charge is 0.465 e. The van der Waals surface area contributed by atoms with Crippen LogP contribution in [-0.4, -0.2) is 23.4 Å². The van der Waals surface area contributed by atoms with Gasteiger partial charge in [0.25, 0.3) is 0 Å². The number of esters is 1. The summed E-state index contributed by atoms with van der Waals surface area (Å²) in [7, 11) is 0. The lowest BCUT2D eigenvalue weighted by Gasteiger charge is -2.18. The molecule has 3 nitrogen and oxygen atoms in total. The maximum atomic E-state index is 12.1. The van der Waals surface area contributed by atoms with Gasteiger partial charge >= 0.3 is 5.97 Å². The highest BCUT2D eigenvalue weighted by atomic mass is 32.2. The molecule has 0 aromatic heterocycles. The summed E-state index contributed by atoms with van der Waals surface area (Å²) in [4.78, 5) is 23.8. The van der Waals surface area contributed by atoms with Crippen molar-refractivity contribution in [3.05, 3.63) is 0 Å². The van der Waals surface area contributed by atoms with Crippen molar-refractivity contribution < 1.29 is 14.3 Å². The molecule has 0 N–H and O–H groups in total. The van der Waals surface area contributed by atoms with Gasteiger partial charge in [0.15, 0.2) is 0 Å². The fourth-order valence-corrected chi connectivity index (χ4v) is 4.36. The Morgan fingerprint density at radius 1 is 1.00 bits per heavy atom. The van der Waals surface area contributed by atoms with E-state index in [1.807, 2.05) is 0 Å². The molecule has 1 heterocycles. The van der Waals surface area contributed by atoms with E-state index in [2.05, 4.69) is 13.8 Å². The number of ether oxygens (including phenoxy) is 1. The molecule has 25 heavy (non-hydrogen) atoms. The number of hydrogen-bond acceptors (Lipinski definition) is 4. The topological polar surface area (TPSA) is 43.4 Å². The average molecular weight is 371 g/mol. The Morgan fingerprint density at radius 3 is 2.12 bits per heavy atom. The van der Waals surface area contributed by atoms with Crippen LogP contribution < -0.4 is 0 Å². The number of unbranched alkanes of at least 4 members (excludes halogenated alkanes) is 8. The molecule has 2 unspecified atom stereocenters. The van der Waals surface area contributed by atoms with Gasteiger partial charge in [0.2, 0.25) is 5.12 Å². The zero-order chi connectivity index (χ0) is 18.3. The van der Waals surface area contributed by atoms with Gasteiger partial charge in [0.1, 0.15) is 5.92 Å². The molecule has 0 amide bonds. The van der Waals surface area contributed by atoms with Crippen LogP contribution in [0.3, 0.4) is 0 Å². The van der Waals surface area contributed by atoms with Crippen LogP contribution in [0.2, 0.25) is 0 Å². The fourth-order valence-electron chi connectivity index (χ4n) is 3.39. The minimum absolute atomic E-state index is 0.000389. The van der Waals surface area contributed by atoms with E-state index < -0.39 is 5.92 Å². The Bertz CT molecular complexity index is 370. The molecule has 0 bridgehead atoms. The van der Waals surface area contributed by atoms with E-state index in [4.69, 9.17) is 4.74 Å². The quantitative estimate of drug-likeness (QED) is 0.197.